The maximum atomic E-state index is 3.99. The Labute approximate surface area is 124 Å². The van der Waals surface area contributed by atoms with E-state index in [9.17, 15) is 0 Å². The first kappa shape index (κ1) is 13.4. The summed E-state index contributed by atoms with van der Waals surface area (Å²) in [5.41, 5.74) is 0.728. The molecule has 4 bridgehead atoms. The lowest BCUT2D eigenvalue weighted by molar-refractivity contribution is -0.0775. The van der Waals surface area contributed by atoms with Crippen molar-refractivity contribution < 1.29 is 0 Å². The molecular formula is C19H31N. The van der Waals surface area contributed by atoms with E-state index >= 15 is 0 Å². The van der Waals surface area contributed by atoms with Crippen LogP contribution in [0.4, 0.5) is 0 Å². The van der Waals surface area contributed by atoms with Gasteiger partial charge in [-0.15, -0.1) is 6.58 Å². The first-order valence-corrected chi connectivity index (χ1v) is 9.11. The van der Waals surface area contributed by atoms with Gasteiger partial charge in [-0.2, -0.15) is 0 Å². The standard InChI is InChI=1S/C19H31N/c1-2-5-18-6-3-4-7-20(18)14-19-11-15-8-16(12-19)10-17(9-15)13-19/h2,15-18H,1,3-14H2. The first-order chi connectivity index (χ1) is 9.76. The van der Waals surface area contributed by atoms with Crippen LogP contribution in [0.2, 0.25) is 0 Å². The largest absolute Gasteiger partial charge is 0.300 e. The van der Waals surface area contributed by atoms with E-state index < -0.39 is 0 Å². The number of rotatable bonds is 4. The molecule has 0 radical (unpaired) electrons. The van der Waals surface area contributed by atoms with Crippen molar-refractivity contribution in [3.05, 3.63) is 12.7 Å². The number of nitrogens with zero attached hydrogens (tertiary/aromatic N) is 1. The molecule has 1 atom stereocenters. The summed E-state index contributed by atoms with van der Waals surface area (Å²) >= 11 is 0. The Morgan fingerprint density at radius 1 is 1.00 bits per heavy atom. The Balaban J connectivity index is 1.48. The van der Waals surface area contributed by atoms with Gasteiger partial charge in [-0.05, 0) is 87.5 Å². The Morgan fingerprint density at radius 2 is 1.65 bits per heavy atom. The van der Waals surface area contributed by atoms with Crippen molar-refractivity contribution in [3.63, 3.8) is 0 Å². The minimum absolute atomic E-state index is 0.728. The fraction of sp³-hybridized carbons (Fsp3) is 0.895. The van der Waals surface area contributed by atoms with Gasteiger partial charge >= 0.3 is 0 Å². The summed E-state index contributed by atoms with van der Waals surface area (Å²) < 4.78 is 0. The SMILES string of the molecule is C=CCC1CCCCN1CC12CC3CC(CC(C3)C1)C2. The van der Waals surface area contributed by atoms with E-state index in [1.807, 2.05) is 0 Å². The first-order valence-electron chi connectivity index (χ1n) is 9.11. The van der Waals surface area contributed by atoms with Gasteiger partial charge in [0, 0.05) is 12.6 Å². The molecule has 5 fully saturated rings. The fourth-order valence-electron chi connectivity index (χ4n) is 6.64. The van der Waals surface area contributed by atoms with Crippen molar-refractivity contribution >= 4 is 0 Å². The van der Waals surface area contributed by atoms with E-state index in [0.29, 0.717) is 0 Å². The molecule has 0 aromatic heterocycles. The molecule has 1 nitrogen and oxygen atoms in total. The van der Waals surface area contributed by atoms with E-state index in [2.05, 4.69) is 17.6 Å². The monoisotopic (exact) mass is 273 g/mol. The summed E-state index contributed by atoms with van der Waals surface area (Å²) in [6, 6.07) is 0.814. The Kier molecular flexibility index (Phi) is 3.45. The number of piperidine rings is 1. The topological polar surface area (TPSA) is 3.24 Å². The fourth-order valence-corrected chi connectivity index (χ4v) is 6.64. The molecule has 4 aliphatic carbocycles. The van der Waals surface area contributed by atoms with Crippen molar-refractivity contribution in [3.8, 4) is 0 Å². The van der Waals surface area contributed by atoms with Gasteiger partial charge in [0.25, 0.3) is 0 Å². The van der Waals surface area contributed by atoms with Gasteiger partial charge < -0.3 is 0 Å². The predicted molar refractivity (Wildman–Crippen MR) is 84.6 cm³/mol. The van der Waals surface area contributed by atoms with Crippen molar-refractivity contribution in [1.82, 2.24) is 4.90 Å². The third kappa shape index (κ3) is 2.36. The molecule has 1 heteroatoms. The van der Waals surface area contributed by atoms with Gasteiger partial charge in [-0.25, -0.2) is 0 Å². The van der Waals surface area contributed by atoms with Gasteiger partial charge in [0.05, 0.1) is 0 Å². The lowest BCUT2D eigenvalue weighted by Gasteiger charge is -2.58. The molecule has 0 N–H and O–H groups in total. The average Bonchev–Trinajstić information content (AvgIpc) is 2.39. The quantitative estimate of drug-likeness (QED) is 0.675. The molecule has 0 spiro atoms. The van der Waals surface area contributed by atoms with Crippen LogP contribution in [0, 0.1) is 23.2 Å². The molecule has 112 valence electrons. The Bertz CT molecular complexity index is 337. The molecule has 20 heavy (non-hydrogen) atoms. The third-order valence-corrected chi connectivity index (χ3v) is 6.89. The van der Waals surface area contributed by atoms with E-state index in [4.69, 9.17) is 0 Å². The average molecular weight is 273 g/mol. The van der Waals surface area contributed by atoms with Gasteiger partial charge in [0.15, 0.2) is 0 Å². The van der Waals surface area contributed by atoms with E-state index in [-0.39, 0.29) is 0 Å². The van der Waals surface area contributed by atoms with Crippen molar-refractivity contribution in [2.75, 3.05) is 13.1 Å². The van der Waals surface area contributed by atoms with Crippen LogP contribution in [0.15, 0.2) is 12.7 Å². The van der Waals surface area contributed by atoms with Gasteiger partial charge in [-0.3, -0.25) is 4.90 Å². The Morgan fingerprint density at radius 3 is 2.25 bits per heavy atom. The number of hydrogen-bond acceptors (Lipinski definition) is 1. The highest BCUT2D eigenvalue weighted by atomic mass is 15.2. The molecule has 4 saturated carbocycles. The highest BCUT2D eigenvalue weighted by Crippen LogP contribution is 2.60. The zero-order valence-electron chi connectivity index (χ0n) is 13.0. The maximum absolute atomic E-state index is 3.99. The molecule has 1 unspecified atom stereocenters. The molecule has 5 aliphatic rings. The van der Waals surface area contributed by atoms with Crippen LogP contribution < -0.4 is 0 Å². The van der Waals surface area contributed by atoms with E-state index in [1.165, 1.54) is 38.8 Å². The molecule has 0 aromatic carbocycles. The van der Waals surface area contributed by atoms with Gasteiger partial charge in [0.2, 0.25) is 0 Å². The lowest BCUT2D eigenvalue weighted by Crippen LogP contribution is -2.53. The van der Waals surface area contributed by atoms with Crippen LogP contribution in [-0.4, -0.2) is 24.0 Å². The highest BCUT2D eigenvalue weighted by molar-refractivity contribution is 5.03. The summed E-state index contributed by atoms with van der Waals surface area (Å²) in [5, 5.41) is 0. The van der Waals surface area contributed by atoms with E-state index in [1.54, 1.807) is 38.5 Å². The third-order valence-electron chi connectivity index (χ3n) is 6.89. The second-order valence-electron chi connectivity index (χ2n) is 8.56. The zero-order chi connectivity index (χ0) is 13.6. The van der Waals surface area contributed by atoms with Crippen LogP contribution in [0.1, 0.15) is 64.2 Å². The molecular weight excluding hydrogens is 242 g/mol. The van der Waals surface area contributed by atoms with Crippen LogP contribution in [0.25, 0.3) is 0 Å². The van der Waals surface area contributed by atoms with Crippen LogP contribution in [0.5, 0.6) is 0 Å². The number of likely N-dealkylation sites (tertiary alicyclic amines) is 1. The van der Waals surface area contributed by atoms with Crippen molar-refractivity contribution in [2.45, 2.75) is 70.3 Å². The van der Waals surface area contributed by atoms with E-state index in [0.717, 1.165) is 29.2 Å². The second-order valence-corrected chi connectivity index (χ2v) is 8.56. The maximum Gasteiger partial charge on any atom is 0.0130 e. The normalized spacial score (nSPS) is 47.6. The summed E-state index contributed by atoms with van der Waals surface area (Å²) in [4.78, 5) is 2.87. The smallest absolute Gasteiger partial charge is 0.0130 e. The number of hydrogen-bond donors (Lipinski definition) is 0. The zero-order valence-corrected chi connectivity index (χ0v) is 13.0. The Hall–Kier alpha value is -0.300. The van der Waals surface area contributed by atoms with Crippen LogP contribution in [0.3, 0.4) is 0 Å². The van der Waals surface area contributed by atoms with Gasteiger partial charge in [-0.1, -0.05) is 12.5 Å². The second kappa shape index (κ2) is 5.16. The molecule has 0 aromatic rings. The predicted octanol–water partition coefficient (Wildman–Crippen LogP) is 4.63. The minimum atomic E-state index is 0.728. The molecule has 1 aliphatic heterocycles. The highest BCUT2D eigenvalue weighted by Gasteiger charge is 2.51. The minimum Gasteiger partial charge on any atom is -0.300 e. The summed E-state index contributed by atoms with van der Waals surface area (Å²) in [5.74, 6) is 3.30. The molecule has 1 heterocycles. The van der Waals surface area contributed by atoms with Crippen LogP contribution in [-0.2, 0) is 0 Å². The summed E-state index contributed by atoms with van der Waals surface area (Å²) in [6.45, 7) is 6.78. The molecule has 5 rings (SSSR count). The van der Waals surface area contributed by atoms with Gasteiger partial charge in [0.1, 0.15) is 0 Å². The molecule has 0 amide bonds. The lowest BCUT2D eigenvalue weighted by atomic mass is 9.49. The summed E-state index contributed by atoms with van der Waals surface area (Å²) in [7, 11) is 0. The summed E-state index contributed by atoms with van der Waals surface area (Å²) in [6.07, 6.45) is 17.1. The van der Waals surface area contributed by atoms with Crippen molar-refractivity contribution in [2.24, 2.45) is 23.2 Å². The van der Waals surface area contributed by atoms with Crippen molar-refractivity contribution in [1.29, 1.82) is 0 Å². The molecule has 1 saturated heterocycles. The van der Waals surface area contributed by atoms with Crippen LogP contribution >= 0.6 is 0 Å².